The van der Waals surface area contributed by atoms with Crippen LogP contribution in [0.1, 0.15) is 19.4 Å². The van der Waals surface area contributed by atoms with Crippen LogP contribution in [0.5, 0.6) is 5.75 Å². The van der Waals surface area contributed by atoms with Gasteiger partial charge in [0.1, 0.15) is 11.6 Å². The summed E-state index contributed by atoms with van der Waals surface area (Å²) in [4.78, 5) is 8.93. The van der Waals surface area contributed by atoms with Crippen molar-refractivity contribution in [3.05, 3.63) is 59.1 Å². The first kappa shape index (κ1) is 24.6. The molecule has 2 aromatic carbocycles. The monoisotopic (exact) mass is 480 g/mol. The molecule has 1 aromatic heterocycles. The molecule has 0 bridgehead atoms. The molecule has 1 heterocycles. The lowest BCUT2D eigenvalue weighted by Crippen LogP contribution is -2.30. The number of nitrogens with one attached hydrogen (secondary N) is 2. The first-order valence-corrected chi connectivity index (χ1v) is 10.6. The molecule has 1 atom stereocenters. The first-order valence-electron chi connectivity index (χ1n) is 10.2. The zero-order chi connectivity index (χ0) is 24.2. The smallest absolute Gasteiger partial charge is 0.406 e. The normalized spacial score (nSPS) is 12.5. The summed E-state index contributed by atoms with van der Waals surface area (Å²) in [6.45, 7) is 5.63. The minimum absolute atomic E-state index is 0.0809. The van der Waals surface area contributed by atoms with Crippen molar-refractivity contribution >= 4 is 29.1 Å². The number of alkyl halides is 3. The molecular formula is C23H24ClF3N4O2. The number of nitrogens with zero attached hydrogens (tertiary/aromatic N) is 2. The number of anilines is 3. The molecule has 0 aliphatic heterocycles. The Labute approximate surface area is 194 Å². The number of ether oxygens (including phenoxy) is 1. The molecule has 0 fully saturated rings. The Kier molecular flexibility index (Phi) is 7.65. The van der Waals surface area contributed by atoms with E-state index in [0.29, 0.717) is 22.1 Å². The van der Waals surface area contributed by atoms with Gasteiger partial charge in [-0.25, -0.2) is 4.98 Å². The summed E-state index contributed by atoms with van der Waals surface area (Å²) in [6, 6.07) is 12.2. The molecule has 0 radical (unpaired) electrons. The fourth-order valence-electron chi connectivity index (χ4n) is 3.03. The lowest BCUT2D eigenvalue weighted by molar-refractivity contribution is -0.274. The van der Waals surface area contributed by atoms with Gasteiger partial charge in [-0.3, -0.25) is 0 Å². The molecule has 6 nitrogen and oxygen atoms in total. The van der Waals surface area contributed by atoms with E-state index in [0.717, 1.165) is 11.3 Å². The molecule has 33 heavy (non-hydrogen) atoms. The standard InChI is InChI=1S/C23H24ClF3N4O2/c1-13(2)20(12-32)30-22-29-19(15-5-4-6-17(9-15)33-23(25,26)27)11-21(31-22)28-18-10-16(24)8-7-14(18)3/h4-11,13,20,32H,12H2,1-3H3,(H2,28,29,30,31)/t20-/m0/s1. The Morgan fingerprint density at radius 2 is 1.85 bits per heavy atom. The lowest BCUT2D eigenvalue weighted by Gasteiger charge is -2.21. The van der Waals surface area contributed by atoms with E-state index in [1.165, 1.54) is 18.2 Å². The topological polar surface area (TPSA) is 79.3 Å². The van der Waals surface area contributed by atoms with Crippen LogP contribution in [0, 0.1) is 12.8 Å². The Hall–Kier alpha value is -3.04. The molecule has 0 spiro atoms. The number of hydrogen-bond donors (Lipinski definition) is 3. The predicted octanol–water partition coefficient (Wildman–Crippen LogP) is 6.18. The lowest BCUT2D eigenvalue weighted by atomic mass is 10.1. The van der Waals surface area contributed by atoms with Crippen LogP contribution in [-0.2, 0) is 0 Å². The fraction of sp³-hybridized carbons (Fsp3) is 0.304. The highest BCUT2D eigenvalue weighted by molar-refractivity contribution is 6.30. The Balaban J connectivity index is 2.03. The second-order valence-electron chi connectivity index (χ2n) is 7.80. The maximum absolute atomic E-state index is 12.7. The van der Waals surface area contributed by atoms with Crippen molar-refractivity contribution in [3.63, 3.8) is 0 Å². The zero-order valence-electron chi connectivity index (χ0n) is 18.2. The minimum Gasteiger partial charge on any atom is -0.406 e. The van der Waals surface area contributed by atoms with E-state index in [2.05, 4.69) is 25.3 Å². The van der Waals surface area contributed by atoms with E-state index < -0.39 is 6.36 Å². The van der Waals surface area contributed by atoms with Gasteiger partial charge in [-0.05, 0) is 42.7 Å². The fourth-order valence-corrected chi connectivity index (χ4v) is 3.20. The summed E-state index contributed by atoms with van der Waals surface area (Å²) in [5.74, 6) is 0.334. The van der Waals surface area contributed by atoms with Crippen LogP contribution in [-0.4, -0.2) is 34.1 Å². The van der Waals surface area contributed by atoms with Gasteiger partial charge >= 0.3 is 6.36 Å². The predicted molar refractivity (Wildman–Crippen MR) is 123 cm³/mol. The van der Waals surface area contributed by atoms with Crippen LogP contribution >= 0.6 is 11.6 Å². The number of aromatic nitrogens is 2. The van der Waals surface area contributed by atoms with Crippen LogP contribution in [0.15, 0.2) is 48.5 Å². The molecule has 3 aromatic rings. The van der Waals surface area contributed by atoms with Crippen LogP contribution in [0.25, 0.3) is 11.3 Å². The summed E-state index contributed by atoms with van der Waals surface area (Å²) in [5.41, 5.74) is 2.40. The van der Waals surface area contributed by atoms with E-state index >= 15 is 0 Å². The largest absolute Gasteiger partial charge is 0.573 e. The summed E-state index contributed by atoms with van der Waals surface area (Å²) < 4.78 is 42.1. The third-order valence-corrected chi connectivity index (χ3v) is 5.10. The molecule has 0 amide bonds. The second-order valence-corrected chi connectivity index (χ2v) is 8.24. The van der Waals surface area contributed by atoms with E-state index in [4.69, 9.17) is 11.6 Å². The van der Waals surface area contributed by atoms with Crippen molar-refractivity contribution in [2.75, 3.05) is 17.2 Å². The molecule has 3 rings (SSSR count). The molecule has 0 saturated heterocycles. The minimum atomic E-state index is -4.81. The Morgan fingerprint density at radius 3 is 2.52 bits per heavy atom. The van der Waals surface area contributed by atoms with E-state index in [9.17, 15) is 18.3 Å². The second kappa shape index (κ2) is 10.3. The molecule has 3 N–H and O–H groups in total. The van der Waals surface area contributed by atoms with Crippen LogP contribution in [0.4, 0.5) is 30.6 Å². The van der Waals surface area contributed by atoms with Crippen LogP contribution in [0.3, 0.4) is 0 Å². The van der Waals surface area contributed by atoms with Gasteiger partial charge < -0.3 is 20.5 Å². The van der Waals surface area contributed by atoms with E-state index in [1.54, 1.807) is 24.3 Å². The molecule has 0 saturated carbocycles. The van der Waals surface area contributed by atoms with E-state index in [-0.39, 0.29) is 30.3 Å². The number of halogens is 4. The molecule has 0 aliphatic rings. The first-order chi connectivity index (χ1) is 15.5. The van der Waals surface area contributed by atoms with E-state index in [1.807, 2.05) is 26.8 Å². The van der Waals surface area contributed by atoms with Crippen molar-refractivity contribution in [1.29, 1.82) is 0 Å². The third-order valence-electron chi connectivity index (χ3n) is 4.87. The maximum atomic E-state index is 12.7. The van der Waals surface area contributed by atoms with Gasteiger partial charge in [-0.1, -0.05) is 43.6 Å². The van der Waals surface area contributed by atoms with Gasteiger partial charge in [0.15, 0.2) is 0 Å². The number of aryl methyl sites for hydroxylation is 1. The SMILES string of the molecule is Cc1ccc(Cl)cc1Nc1cc(-c2cccc(OC(F)(F)F)c2)nc(N[C@@H](CO)C(C)C)n1. The van der Waals surface area contributed by atoms with Crippen LogP contribution in [0.2, 0.25) is 5.02 Å². The van der Waals surface area contributed by atoms with Gasteiger partial charge in [0, 0.05) is 22.3 Å². The maximum Gasteiger partial charge on any atom is 0.573 e. The Bertz CT molecular complexity index is 1110. The average molecular weight is 481 g/mol. The van der Waals surface area contributed by atoms with Gasteiger partial charge in [-0.2, -0.15) is 4.98 Å². The number of benzene rings is 2. The number of hydrogen-bond acceptors (Lipinski definition) is 6. The highest BCUT2D eigenvalue weighted by Crippen LogP contribution is 2.30. The van der Waals surface area contributed by atoms with Gasteiger partial charge in [-0.15, -0.1) is 13.2 Å². The van der Waals surface area contributed by atoms with Crippen LogP contribution < -0.4 is 15.4 Å². The van der Waals surface area contributed by atoms with Gasteiger partial charge in [0.05, 0.1) is 18.3 Å². The highest BCUT2D eigenvalue weighted by atomic mass is 35.5. The van der Waals surface area contributed by atoms with Gasteiger partial charge in [0.2, 0.25) is 5.95 Å². The molecular weight excluding hydrogens is 457 g/mol. The molecule has 0 aliphatic carbocycles. The quantitative estimate of drug-likeness (QED) is 0.357. The summed E-state index contributed by atoms with van der Waals surface area (Å²) >= 11 is 6.12. The molecule has 0 unspecified atom stereocenters. The van der Waals surface area contributed by atoms with Crippen molar-refractivity contribution in [3.8, 4) is 17.0 Å². The zero-order valence-corrected chi connectivity index (χ0v) is 19.0. The van der Waals surface area contributed by atoms with Crippen molar-refractivity contribution in [2.45, 2.75) is 33.2 Å². The average Bonchev–Trinajstić information content (AvgIpc) is 2.73. The van der Waals surface area contributed by atoms with Gasteiger partial charge in [0.25, 0.3) is 0 Å². The van der Waals surface area contributed by atoms with Crippen molar-refractivity contribution < 1.29 is 23.0 Å². The number of rotatable bonds is 8. The molecule has 176 valence electrons. The number of aliphatic hydroxyl groups excluding tert-OH is 1. The summed E-state index contributed by atoms with van der Waals surface area (Å²) in [7, 11) is 0. The highest BCUT2D eigenvalue weighted by Gasteiger charge is 2.31. The number of aliphatic hydroxyl groups is 1. The molecule has 10 heteroatoms. The summed E-state index contributed by atoms with van der Waals surface area (Å²) in [6.07, 6.45) is -4.81. The third kappa shape index (κ3) is 6.97. The van der Waals surface area contributed by atoms with Crippen molar-refractivity contribution in [2.24, 2.45) is 5.92 Å². The van der Waals surface area contributed by atoms with Crippen molar-refractivity contribution in [1.82, 2.24) is 9.97 Å². The Morgan fingerprint density at radius 1 is 1.09 bits per heavy atom. The summed E-state index contributed by atoms with van der Waals surface area (Å²) in [5, 5.41) is 16.5.